The van der Waals surface area contributed by atoms with E-state index in [0.717, 1.165) is 4.31 Å². The first-order valence-electron chi connectivity index (χ1n) is 8.92. The van der Waals surface area contributed by atoms with Crippen LogP contribution in [0.4, 0.5) is 11.4 Å². The second kappa shape index (κ2) is 7.80. The molecule has 9 nitrogen and oxygen atoms in total. The molecule has 0 bridgehead atoms. The van der Waals surface area contributed by atoms with Gasteiger partial charge in [-0.1, -0.05) is 6.92 Å². The third-order valence-corrected chi connectivity index (χ3v) is 8.09. The summed E-state index contributed by atoms with van der Waals surface area (Å²) in [6, 6.07) is 8.58. The Bertz CT molecular complexity index is 1210. The molecule has 1 heterocycles. The van der Waals surface area contributed by atoms with Crippen LogP contribution in [0.2, 0.25) is 0 Å². The summed E-state index contributed by atoms with van der Waals surface area (Å²) < 4.78 is 63.9. The van der Waals surface area contributed by atoms with Crippen molar-refractivity contribution in [3.8, 4) is 11.5 Å². The third-order valence-electron chi connectivity index (χ3n) is 4.70. The Morgan fingerprint density at radius 2 is 1.80 bits per heavy atom. The fraction of sp³-hybridized carbons (Fsp3) is 0.316. The van der Waals surface area contributed by atoms with Crippen LogP contribution < -0.4 is 18.5 Å². The molecule has 11 heteroatoms. The summed E-state index contributed by atoms with van der Waals surface area (Å²) >= 11 is 0. The lowest BCUT2D eigenvalue weighted by atomic mass is 10.2. The Labute approximate surface area is 175 Å². The van der Waals surface area contributed by atoms with Crippen molar-refractivity contribution in [2.45, 2.75) is 18.7 Å². The van der Waals surface area contributed by atoms with Gasteiger partial charge in [0, 0.05) is 6.07 Å². The van der Waals surface area contributed by atoms with Gasteiger partial charge in [0.1, 0.15) is 11.5 Å². The summed E-state index contributed by atoms with van der Waals surface area (Å²) in [5, 5.41) is 0. The Morgan fingerprint density at radius 1 is 1.10 bits per heavy atom. The molecule has 0 unspecified atom stereocenters. The lowest BCUT2D eigenvalue weighted by Crippen LogP contribution is -2.30. The predicted molar refractivity (Wildman–Crippen MR) is 112 cm³/mol. The van der Waals surface area contributed by atoms with Crippen molar-refractivity contribution < 1.29 is 31.1 Å². The minimum Gasteiger partial charge on any atom is -0.497 e. The summed E-state index contributed by atoms with van der Waals surface area (Å²) in [4.78, 5) is 12.2. The molecule has 1 aliphatic heterocycles. The lowest BCUT2D eigenvalue weighted by molar-refractivity contribution is -0.119. The largest absolute Gasteiger partial charge is 0.497 e. The first kappa shape index (κ1) is 21.9. The molecular weight excluding hydrogens is 432 g/mol. The summed E-state index contributed by atoms with van der Waals surface area (Å²) in [6.45, 7) is 3.07. The molecule has 0 spiro atoms. The number of sulfonamides is 2. The van der Waals surface area contributed by atoms with Crippen LogP contribution in [0.15, 0.2) is 41.3 Å². The lowest BCUT2D eigenvalue weighted by Gasteiger charge is -2.18. The molecule has 3 rings (SSSR count). The van der Waals surface area contributed by atoms with Crippen LogP contribution in [-0.4, -0.2) is 42.7 Å². The molecule has 1 atom stereocenters. The van der Waals surface area contributed by atoms with Gasteiger partial charge in [0.15, 0.2) is 0 Å². The zero-order valence-corrected chi connectivity index (χ0v) is 18.5. The molecule has 0 saturated carbocycles. The van der Waals surface area contributed by atoms with Crippen LogP contribution in [0.3, 0.4) is 0 Å². The van der Waals surface area contributed by atoms with Gasteiger partial charge in [0.25, 0.3) is 10.0 Å². The molecular formula is C19H22N2O7S2. The monoisotopic (exact) mass is 454 g/mol. The van der Waals surface area contributed by atoms with Gasteiger partial charge in [-0.15, -0.1) is 0 Å². The fourth-order valence-corrected chi connectivity index (χ4v) is 6.34. The van der Waals surface area contributed by atoms with Gasteiger partial charge in [-0.25, -0.2) is 21.1 Å². The highest BCUT2D eigenvalue weighted by Crippen LogP contribution is 2.33. The Hall–Kier alpha value is -2.79. The number of ether oxygens (including phenoxy) is 2. The van der Waals surface area contributed by atoms with Crippen LogP contribution >= 0.6 is 0 Å². The average Bonchev–Trinajstić information content (AvgIpc) is 2.88. The number of methoxy groups -OCH3 is 2. The molecule has 0 radical (unpaired) electrons. The quantitative estimate of drug-likeness (QED) is 0.710. The normalized spacial score (nSPS) is 18.3. The summed E-state index contributed by atoms with van der Waals surface area (Å²) in [7, 11) is -4.91. The highest BCUT2D eigenvalue weighted by molar-refractivity contribution is 7.94. The van der Waals surface area contributed by atoms with E-state index < -0.39 is 31.9 Å². The molecule has 1 aliphatic rings. The summed E-state index contributed by atoms with van der Waals surface area (Å²) in [6.07, 6.45) is 0. The molecule has 30 heavy (non-hydrogen) atoms. The summed E-state index contributed by atoms with van der Waals surface area (Å²) in [5.41, 5.74) is 0.616. The summed E-state index contributed by atoms with van der Waals surface area (Å²) in [5.74, 6) is -0.686. The number of nitrogens with one attached hydrogen (secondary N) is 1. The van der Waals surface area contributed by atoms with E-state index in [4.69, 9.17) is 9.47 Å². The molecule has 0 aromatic heterocycles. The van der Waals surface area contributed by atoms with Gasteiger partial charge in [-0.3, -0.25) is 9.52 Å². The molecule has 1 N–H and O–H groups in total. The Balaban J connectivity index is 1.96. The molecule has 1 amide bonds. The second-order valence-corrected chi connectivity index (χ2v) is 10.4. The minimum absolute atomic E-state index is 0.0544. The average molecular weight is 455 g/mol. The van der Waals surface area contributed by atoms with Gasteiger partial charge in [-0.2, -0.15) is 0 Å². The van der Waals surface area contributed by atoms with E-state index in [2.05, 4.69) is 4.72 Å². The van der Waals surface area contributed by atoms with Gasteiger partial charge in [0.05, 0.1) is 42.2 Å². The van der Waals surface area contributed by atoms with Crippen LogP contribution in [0.25, 0.3) is 0 Å². The molecule has 162 valence electrons. The van der Waals surface area contributed by atoms with Crippen LogP contribution in [0.5, 0.6) is 11.5 Å². The number of anilines is 2. The van der Waals surface area contributed by atoms with Crippen LogP contribution in [0, 0.1) is 12.8 Å². The molecule has 0 aliphatic carbocycles. The number of amides is 1. The minimum atomic E-state index is -4.01. The number of carbonyl (C=O) groups is 1. The van der Waals surface area contributed by atoms with Crippen molar-refractivity contribution in [1.82, 2.24) is 0 Å². The van der Waals surface area contributed by atoms with Crippen molar-refractivity contribution >= 4 is 37.3 Å². The maximum Gasteiger partial charge on any atom is 0.262 e. The number of rotatable bonds is 6. The van der Waals surface area contributed by atoms with Crippen molar-refractivity contribution in [3.63, 3.8) is 0 Å². The van der Waals surface area contributed by atoms with Crippen molar-refractivity contribution in [3.05, 3.63) is 42.0 Å². The molecule has 1 fully saturated rings. The van der Waals surface area contributed by atoms with Gasteiger partial charge in [-0.05, 0) is 42.8 Å². The third kappa shape index (κ3) is 3.94. The number of carbonyl (C=O) groups excluding carboxylic acids is 1. The number of hydrogen-bond donors (Lipinski definition) is 1. The first-order valence-corrected chi connectivity index (χ1v) is 12.0. The number of nitrogens with zero attached hydrogens (tertiary/aromatic N) is 1. The Morgan fingerprint density at radius 3 is 2.33 bits per heavy atom. The van der Waals surface area contributed by atoms with E-state index >= 15 is 0 Å². The molecule has 2 aromatic rings. The SMILES string of the molecule is COc1ccc(NS(=O)(=O)c2ccc(N3C(=O)[C@H](C)CS3(=O)=O)cc2C)c(OC)c1. The van der Waals surface area contributed by atoms with E-state index in [9.17, 15) is 21.6 Å². The zero-order valence-electron chi connectivity index (χ0n) is 16.9. The second-order valence-electron chi connectivity index (χ2n) is 6.90. The highest BCUT2D eigenvalue weighted by Gasteiger charge is 2.42. The Kier molecular flexibility index (Phi) is 5.70. The predicted octanol–water partition coefficient (Wildman–Crippen LogP) is 2.13. The molecule has 2 aromatic carbocycles. The van der Waals surface area contributed by atoms with Crippen molar-refractivity contribution in [2.24, 2.45) is 5.92 Å². The molecule has 1 saturated heterocycles. The fourth-order valence-electron chi connectivity index (χ4n) is 3.23. The van der Waals surface area contributed by atoms with Crippen molar-refractivity contribution in [2.75, 3.05) is 29.0 Å². The van der Waals surface area contributed by atoms with Crippen molar-refractivity contribution in [1.29, 1.82) is 0 Å². The van der Waals surface area contributed by atoms with Gasteiger partial charge >= 0.3 is 0 Å². The van der Waals surface area contributed by atoms with E-state index in [-0.39, 0.29) is 33.3 Å². The maximum atomic E-state index is 12.9. The smallest absolute Gasteiger partial charge is 0.262 e. The first-order chi connectivity index (χ1) is 14.0. The van der Waals surface area contributed by atoms with E-state index in [1.807, 2.05) is 0 Å². The highest BCUT2D eigenvalue weighted by atomic mass is 32.2. The standard InChI is InChI=1S/C19H22N2O7S2/c1-12-9-14(21-19(22)13(2)11-29(21,23)24)5-8-18(12)30(25,26)20-16-7-6-15(27-3)10-17(16)28-4/h5-10,13,20H,11H2,1-4H3/t13-/m1/s1. The number of hydrogen-bond acceptors (Lipinski definition) is 7. The van der Waals surface area contributed by atoms with Gasteiger partial charge in [0.2, 0.25) is 15.9 Å². The number of benzene rings is 2. The van der Waals surface area contributed by atoms with Crippen LogP contribution in [-0.2, 0) is 24.8 Å². The van der Waals surface area contributed by atoms with Gasteiger partial charge < -0.3 is 9.47 Å². The topological polar surface area (TPSA) is 119 Å². The maximum absolute atomic E-state index is 12.9. The van der Waals surface area contributed by atoms with Crippen LogP contribution in [0.1, 0.15) is 12.5 Å². The number of aryl methyl sites for hydroxylation is 1. The zero-order chi connectivity index (χ0) is 22.3. The van der Waals surface area contributed by atoms with E-state index in [1.165, 1.54) is 52.3 Å². The van der Waals surface area contributed by atoms with E-state index in [0.29, 0.717) is 5.75 Å². The van der Waals surface area contributed by atoms with E-state index in [1.54, 1.807) is 12.1 Å².